The third-order valence-electron chi connectivity index (χ3n) is 1.89. The van der Waals surface area contributed by atoms with Crippen molar-refractivity contribution in [3.05, 3.63) is 53.6 Å². The second kappa shape index (κ2) is 4.60. The Balaban J connectivity index is 2.22. The number of nitrogen functional groups attached to an aromatic ring is 1. The van der Waals surface area contributed by atoms with Gasteiger partial charge in [0.05, 0.1) is 0 Å². The summed E-state index contributed by atoms with van der Waals surface area (Å²) in [6.07, 6.45) is 0. The quantitative estimate of drug-likeness (QED) is 0.794. The van der Waals surface area contributed by atoms with Crippen LogP contribution in [0.2, 0.25) is 5.02 Å². The Kier molecular flexibility index (Phi) is 3.19. The molecule has 76 valence electrons. The van der Waals surface area contributed by atoms with Crippen molar-refractivity contribution in [2.24, 2.45) is 0 Å². The van der Waals surface area contributed by atoms with Crippen LogP contribution in [-0.2, 0) is 0 Å². The molecule has 2 aromatic rings. The molecule has 15 heavy (non-hydrogen) atoms. The molecule has 3 heteroatoms. The maximum Gasteiger partial charge on any atom is 0.0417 e. The smallest absolute Gasteiger partial charge is 0.0417 e. The molecule has 1 nitrogen and oxygen atoms in total. The van der Waals surface area contributed by atoms with Gasteiger partial charge in [-0.15, -0.1) is 0 Å². The zero-order valence-corrected chi connectivity index (χ0v) is 9.55. The van der Waals surface area contributed by atoms with Gasteiger partial charge in [-0.3, -0.25) is 0 Å². The average molecular weight is 236 g/mol. The average Bonchev–Trinajstić information content (AvgIpc) is 2.17. The zero-order valence-electron chi connectivity index (χ0n) is 7.98. The highest BCUT2D eigenvalue weighted by Crippen LogP contribution is 2.30. The van der Waals surface area contributed by atoms with Crippen LogP contribution < -0.4 is 5.73 Å². The Morgan fingerprint density at radius 1 is 0.933 bits per heavy atom. The Bertz CT molecular complexity index is 427. The minimum Gasteiger partial charge on any atom is -0.399 e. The van der Waals surface area contributed by atoms with E-state index in [-0.39, 0.29) is 0 Å². The highest BCUT2D eigenvalue weighted by atomic mass is 35.5. The number of nitrogens with two attached hydrogens (primary N) is 1. The maximum atomic E-state index is 5.90. The molecule has 0 saturated heterocycles. The van der Waals surface area contributed by atoms with Crippen molar-refractivity contribution in [2.45, 2.75) is 9.79 Å². The van der Waals surface area contributed by atoms with E-state index in [4.69, 9.17) is 17.3 Å². The van der Waals surface area contributed by atoms with Gasteiger partial charge in [0.15, 0.2) is 0 Å². The van der Waals surface area contributed by atoms with Crippen LogP contribution >= 0.6 is 23.4 Å². The number of anilines is 1. The molecule has 2 aromatic carbocycles. The second-order valence-corrected chi connectivity index (χ2v) is 4.72. The summed E-state index contributed by atoms with van der Waals surface area (Å²) >= 11 is 7.56. The predicted octanol–water partition coefficient (Wildman–Crippen LogP) is 4.07. The lowest BCUT2D eigenvalue weighted by atomic mass is 10.3. The molecule has 0 saturated carbocycles. The van der Waals surface area contributed by atoms with Crippen LogP contribution in [0.3, 0.4) is 0 Å². The Hall–Kier alpha value is -1.12. The first-order chi connectivity index (χ1) is 7.24. The van der Waals surface area contributed by atoms with E-state index in [9.17, 15) is 0 Å². The van der Waals surface area contributed by atoms with Gasteiger partial charge in [-0.2, -0.15) is 0 Å². The molecule has 0 aromatic heterocycles. The molecular weight excluding hydrogens is 226 g/mol. The molecule has 2 rings (SSSR count). The summed E-state index contributed by atoms with van der Waals surface area (Å²) in [5.41, 5.74) is 6.48. The summed E-state index contributed by atoms with van der Waals surface area (Å²) < 4.78 is 0. The van der Waals surface area contributed by atoms with Gasteiger partial charge in [-0.25, -0.2) is 0 Å². The largest absolute Gasteiger partial charge is 0.399 e. The van der Waals surface area contributed by atoms with Gasteiger partial charge in [0.1, 0.15) is 0 Å². The van der Waals surface area contributed by atoms with Gasteiger partial charge in [0.2, 0.25) is 0 Å². The number of halogens is 1. The van der Waals surface area contributed by atoms with Gasteiger partial charge in [0, 0.05) is 20.5 Å². The standard InChI is InChI=1S/C12H10ClNS/c13-9-3-1-5-11(7-9)15-12-6-2-4-10(14)8-12/h1-8H,14H2. The number of rotatable bonds is 2. The van der Waals surface area contributed by atoms with Crippen LogP contribution in [0.15, 0.2) is 58.3 Å². The zero-order chi connectivity index (χ0) is 10.7. The van der Waals surface area contributed by atoms with Crippen molar-refractivity contribution < 1.29 is 0 Å². The molecule has 0 aliphatic carbocycles. The van der Waals surface area contributed by atoms with E-state index in [0.29, 0.717) is 0 Å². The van der Waals surface area contributed by atoms with Crippen LogP contribution in [-0.4, -0.2) is 0 Å². The van der Waals surface area contributed by atoms with Crippen LogP contribution in [0, 0.1) is 0 Å². The number of benzene rings is 2. The first kappa shape index (κ1) is 10.4. The molecule has 0 spiro atoms. The van der Waals surface area contributed by atoms with Crippen molar-refractivity contribution in [2.75, 3.05) is 5.73 Å². The molecule has 0 aliphatic rings. The molecule has 0 aliphatic heterocycles. The molecule has 0 radical (unpaired) electrons. The fourth-order valence-corrected chi connectivity index (χ4v) is 2.45. The van der Waals surface area contributed by atoms with E-state index in [1.165, 1.54) is 0 Å². The van der Waals surface area contributed by atoms with E-state index in [0.717, 1.165) is 20.5 Å². The SMILES string of the molecule is Nc1cccc(Sc2cccc(Cl)c2)c1. The number of hydrogen-bond acceptors (Lipinski definition) is 2. The van der Waals surface area contributed by atoms with Crippen molar-refractivity contribution in [3.63, 3.8) is 0 Å². The lowest BCUT2D eigenvalue weighted by molar-refractivity contribution is 1.41. The van der Waals surface area contributed by atoms with Crippen molar-refractivity contribution in [1.29, 1.82) is 0 Å². The Labute approximate surface area is 98.3 Å². The van der Waals surface area contributed by atoms with E-state index in [1.54, 1.807) is 11.8 Å². The normalized spacial score (nSPS) is 10.2. The summed E-state index contributed by atoms with van der Waals surface area (Å²) in [7, 11) is 0. The number of hydrogen-bond donors (Lipinski definition) is 1. The molecule has 2 N–H and O–H groups in total. The maximum absolute atomic E-state index is 5.90. The topological polar surface area (TPSA) is 26.0 Å². The highest BCUT2D eigenvalue weighted by Gasteiger charge is 1.98. The Morgan fingerprint density at radius 3 is 2.27 bits per heavy atom. The minimum absolute atomic E-state index is 0.754. The first-order valence-electron chi connectivity index (χ1n) is 4.53. The summed E-state index contributed by atoms with van der Waals surface area (Å²) in [5.74, 6) is 0. The molecule has 0 atom stereocenters. The predicted molar refractivity (Wildman–Crippen MR) is 66.4 cm³/mol. The second-order valence-electron chi connectivity index (χ2n) is 3.13. The minimum atomic E-state index is 0.754. The van der Waals surface area contributed by atoms with Crippen molar-refractivity contribution in [1.82, 2.24) is 0 Å². The van der Waals surface area contributed by atoms with Gasteiger partial charge in [0.25, 0.3) is 0 Å². The monoisotopic (exact) mass is 235 g/mol. The molecule has 0 unspecified atom stereocenters. The fraction of sp³-hybridized carbons (Fsp3) is 0. The van der Waals surface area contributed by atoms with Gasteiger partial charge < -0.3 is 5.73 Å². The first-order valence-corrected chi connectivity index (χ1v) is 5.72. The van der Waals surface area contributed by atoms with E-state index in [1.807, 2.05) is 48.5 Å². The van der Waals surface area contributed by atoms with Crippen molar-refractivity contribution in [3.8, 4) is 0 Å². The van der Waals surface area contributed by atoms with E-state index < -0.39 is 0 Å². The fourth-order valence-electron chi connectivity index (χ4n) is 1.24. The van der Waals surface area contributed by atoms with E-state index in [2.05, 4.69) is 0 Å². The Morgan fingerprint density at radius 2 is 1.60 bits per heavy atom. The van der Waals surface area contributed by atoms with Crippen molar-refractivity contribution >= 4 is 29.1 Å². The van der Waals surface area contributed by atoms with Crippen LogP contribution in [0.5, 0.6) is 0 Å². The van der Waals surface area contributed by atoms with E-state index >= 15 is 0 Å². The van der Waals surface area contributed by atoms with Gasteiger partial charge >= 0.3 is 0 Å². The summed E-state index contributed by atoms with van der Waals surface area (Å²) in [5, 5.41) is 0.754. The summed E-state index contributed by atoms with van der Waals surface area (Å²) in [6.45, 7) is 0. The lowest BCUT2D eigenvalue weighted by Crippen LogP contribution is -1.83. The molecule has 0 amide bonds. The molecular formula is C12H10ClNS. The third kappa shape index (κ3) is 2.91. The summed E-state index contributed by atoms with van der Waals surface area (Å²) in [4.78, 5) is 2.24. The third-order valence-corrected chi connectivity index (χ3v) is 3.10. The molecule has 0 fully saturated rings. The van der Waals surface area contributed by atoms with Gasteiger partial charge in [-0.1, -0.05) is 35.5 Å². The van der Waals surface area contributed by atoms with Crippen LogP contribution in [0.25, 0.3) is 0 Å². The van der Waals surface area contributed by atoms with Gasteiger partial charge in [-0.05, 0) is 36.4 Å². The van der Waals surface area contributed by atoms with Crippen LogP contribution in [0.4, 0.5) is 5.69 Å². The highest BCUT2D eigenvalue weighted by molar-refractivity contribution is 7.99. The lowest BCUT2D eigenvalue weighted by Gasteiger charge is -2.02. The van der Waals surface area contributed by atoms with Crippen LogP contribution in [0.1, 0.15) is 0 Å². The summed E-state index contributed by atoms with van der Waals surface area (Å²) in [6, 6.07) is 15.6. The molecule has 0 heterocycles. The molecule has 0 bridgehead atoms.